The van der Waals surface area contributed by atoms with Crippen molar-refractivity contribution in [3.05, 3.63) is 95.6 Å². The largest absolute Gasteiger partial charge is 0.497 e. The molecule has 1 aliphatic rings. The minimum atomic E-state index is -4.39. The Balaban J connectivity index is 1.48. The number of carbonyl (C=O) groups is 1. The molecular weight excluding hydrogens is 553 g/mol. The van der Waals surface area contributed by atoms with E-state index in [0.29, 0.717) is 41.1 Å². The van der Waals surface area contributed by atoms with E-state index in [-0.39, 0.29) is 11.9 Å². The molecule has 1 saturated heterocycles. The van der Waals surface area contributed by atoms with Gasteiger partial charge in [0.1, 0.15) is 11.5 Å². The van der Waals surface area contributed by atoms with Crippen molar-refractivity contribution in [2.75, 3.05) is 27.3 Å². The highest BCUT2D eigenvalue weighted by atomic mass is 19.4. The summed E-state index contributed by atoms with van der Waals surface area (Å²) in [7, 11) is 3.21. The van der Waals surface area contributed by atoms with Gasteiger partial charge in [0.2, 0.25) is 0 Å². The third-order valence-corrected chi connectivity index (χ3v) is 8.59. The van der Waals surface area contributed by atoms with E-state index in [1.165, 1.54) is 12.1 Å². The first-order valence-corrected chi connectivity index (χ1v) is 14.5. The Bertz CT molecular complexity index is 1590. The van der Waals surface area contributed by atoms with Gasteiger partial charge in [-0.25, -0.2) is 0 Å². The van der Waals surface area contributed by atoms with Gasteiger partial charge in [0.25, 0.3) is 5.91 Å². The lowest BCUT2D eigenvalue weighted by Gasteiger charge is -2.47. The minimum Gasteiger partial charge on any atom is -0.497 e. The fourth-order valence-electron chi connectivity index (χ4n) is 5.77. The Labute approximate surface area is 250 Å². The number of ether oxygens (including phenoxy) is 2. The Morgan fingerprint density at radius 1 is 0.930 bits per heavy atom. The fraction of sp³-hybridized carbons (Fsp3) is 0.343. The number of fused-ring (bicyclic) bond motifs is 1. The van der Waals surface area contributed by atoms with Crippen molar-refractivity contribution in [3.8, 4) is 22.6 Å². The van der Waals surface area contributed by atoms with Crippen LogP contribution in [0.25, 0.3) is 21.9 Å². The summed E-state index contributed by atoms with van der Waals surface area (Å²) in [5, 5.41) is 1.70. The van der Waals surface area contributed by atoms with Crippen LogP contribution in [0.5, 0.6) is 11.5 Å². The second-order valence-corrected chi connectivity index (χ2v) is 11.5. The molecule has 0 saturated carbocycles. The van der Waals surface area contributed by atoms with Crippen LogP contribution in [0, 0.1) is 5.92 Å². The van der Waals surface area contributed by atoms with Gasteiger partial charge in [-0.1, -0.05) is 36.4 Å². The van der Waals surface area contributed by atoms with Gasteiger partial charge < -0.3 is 19.3 Å². The van der Waals surface area contributed by atoms with Crippen molar-refractivity contribution >= 4 is 16.7 Å². The lowest BCUT2D eigenvalue weighted by atomic mass is 9.89. The average Bonchev–Trinajstić information content (AvgIpc) is 2.97. The fourth-order valence-corrected chi connectivity index (χ4v) is 5.77. The second kappa shape index (κ2) is 12.3. The van der Waals surface area contributed by atoms with Gasteiger partial charge in [-0.3, -0.25) is 4.79 Å². The molecule has 1 amide bonds. The van der Waals surface area contributed by atoms with Gasteiger partial charge in [0.05, 0.1) is 19.8 Å². The number of hydrogen-bond acceptors (Lipinski definition) is 4. The number of methoxy groups -OCH3 is 2. The maximum Gasteiger partial charge on any atom is 0.416 e. The normalized spacial score (nSPS) is 14.9. The number of alkyl halides is 3. The SMILES string of the molecule is COc1ccc(CN(C(=O)c2ccc3c(-c4ccc(C(F)(F)F)cc4)cccc3c2)C(C)C2CN(C(C)C)C2)c(OC)c1. The van der Waals surface area contributed by atoms with Crippen LogP contribution in [0.3, 0.4) is 0 Å². The summed E-state index contributed by atoms with van der Waals surface area (Å²) in [6, 6.07) is 22.5. The molecule has 0 spiro atoms. The number of likely N-dealkylation sites (tertiary alicyclic amines) is 1. The molecule has 0 radical (unpaired) electrons. The van der Waals surface area contributed by atoms with E-state index >= 15 is 0 Å². The standard InChI is InChI=1S/C35H37F3N2O3/c1-22(2)39-19-28(20-39)23(3)40(21-27-11-15-30(42-4)18-33(27)43-5)34(41)26-12-16-32-25(17-26)7-6-8-31(32)24-9-13-29(14-10-24)35(36,37)38/h6-18,22-23,28H,19-21H2,1-5H3. The molecule has 1 heterocycles. The molecule has 43 heavy (non-hydrogen) atoms. The van der Waals surface area contributed by atoms with Crippen LogP contribution in [0.2, 0.25) is 0 Å². The zero-order chi connectivity index (χ0) is 30.9. The van der Waals surface area contributed by atoms with Gasteiger partial charge in [-0.15, -0.1) is 0 Å². The van der Waals surface area contributed by atoms with Crippen LogP contribution < -0.4 is 9.47 Å². The molecule has 5 rings (SSSR count). The van der Waals surface area contributed by atoms with Crippen LogP contribution in [0.1, 0.15) is 42.3 Å². The van der Waals surface area contributed by atoms with E-state index in [1.807, 2.05) is 59.5 Å². The molecule has 1 aliphatic heterocycles. The summed E-state index contributed by atoms with van der Waals surface area (Å²) in [5.74, 6) is 1.58. The molecule has 4 aromatic carbocycles. The van der Waals surface area contributed by atoms with Gasteiger partial charge >= 0.3 is 6.18 Å². The van der Waals surface area contributed by atoms with Gasteiger partial charge in [0, 0.05) is 54.8 Å². The Morgan fingerprint density at radius 2 is 1.65 bits per heavy atom. The Morgan fingerprint density at radius 3 is 2.28 bits per heavy atom. The molecule has 0 bridgehead atoms. The summed E-state index contributed by atoms with van der Waals surface area (Å²) >= 11 is 0. The quantitative estimate of drug-likeness (QED) is 0.199. The Kier molecular flexibility index (Phi) is 8.69. The van der Waals surface area contributed by atoms with E-state index in [0.717, 1.165) is 47.1 Å². The molecule has 0 aliphatic carbocycles. The van der Waals surface area contributed by atoms with Crippen molar-refractivity contribution in [2.24, 2.45) is 5.92 Å². The molecule has 0 N–H and O–H groups in total. The molecule has 4 aromatic rings. The number of carbonyl (C=O) groups excluding carboxylic acids is 1. The zero-order valence-electron chi connectivity index (χ0n) is 25.1. The van der Waals surface area contributed by atoms with Crippen molar-refractivity contribution in [1.29, 1.82) is 0 Å². The molecule has 1 unspecified atom stereocenters. The van der Waals surface area contributed by atoms with Crippen LogP contribution in [-0.2, 0) is 12.7 Å². The first-order valence-electron chi connectivity index (χ1n) is 14.5. The van der Waals surface area contributed by atoms with E-state index < -0.39 is 11.7 Å². The van der Waals surface area contributed by atoms with Crippen LogP contribution in [0.15, 0.2) is 78.9 Å². The van der Waals surface area contributed by atoms with E-state index in [4.69, 9.17) is 9.47 Å². The van der Waals surface area contributed by atoms with Gasteiger partial charge in [0.15, 0.2) is 0 Å². The molecular formula is C35H37F3N2O3. The maximum absolute atomic E-state index is 14.2. The van der Waals surface area contributed by atoms with Crippen molar-refractivity contribution in [3.63, 3.8) is 0 Å². The summed E-state index contributed by atoms with van der Waals surface area (Å²) < 4.78 is 50.4. The van der Waals surface area contributed by atoms with Crippen molar-refractivity contribution < 1.29 is 27.4 Å². The summed E-state index contributed by atoms with van der Waals surface area (Å²) in [4.78, 5) is 18.6. The van der Waals surface area contributed by atoms with E-state index in [9.17, 15) is 18.0 Å². The summed E-state index contributed by atoms with van der Waals surface area (Å²) in [6.07, 6.45) is -4.39. The number of benzene rings is 4. The topological polar surface area (TPSA) is 42.0 Å². The first kappa shape index (κ1) is 30.4. The number of amides is 1. The smallest absolute Gasteiger partial charge is 0.416 e. The summed E-state index contributed by atoms with van der Waals surface area (Å²) in [5.41, 5.74) is 2.24. The third kappa shape index (κ3) is 6.34. The molecule has 5 nitrogen and oxygen atoms in total. The second-order valence-electron chi connectivity index (χ2n) is 11.5. The van der Waals surface area contributed by atoms with Crippen LogP contribution in [0.4, 0.5) is 13.2 Å². The summed E-state index contributed by atoms with van der Waals surface area (Å²) in [6.45, 7) is 8.70. The van der Waals surface area contributed by atoms with Crippen molar-refractivity contribution in [1.82, 2.24) is 9.80 Å². The zero-order valence-corrected chi connectivity index (χ0v) is 25.1. The average molecular weight is 591 g/mol. The number of hydrogen-bond donors (Lipinski definition) is 0. The predicted molar refractivity (Wildman–Crippen MR) is 163 cm³/mol. The number of rotatable bonds is 9. The number of nitrogens with zero attached hydrogens (tertiary/aromatic N) is 2. The third-order valence-electron chi connectivity index (χ3n) is 8.59. The molecule has 226 valence electrons. The monoisotopic (exact) mass is 590 g/mol. The maximum atomic E-state index is 14.2. The minimum absolute atomic E-state index is 0.0245. The predicted octanol–water partition coefficient (Wildman–Crippen LogP) is 7.91. The van der Waals surface area contributed by atoms with Crippen LogP contribution in [-0.4, -0.2) is 55.1 Å². The highest BCUT2D eigenvalue weighted by molar-refractivity contribution is 6.02. The highest BCUT2D eigenvalue weighted by Gasteiger charge is 2.37. The van der Waals surface area contributed by atoms with E-state index in [1.54, 1.807) is 14.2 Å². The van der Waals surface area contributed by atoms with Gasteiger partial charge in [-0.2, -0.15) is 13.2 Å². The van der Waals surface area contributed by atoms with Gasteiger partial charge in [-0.05, 0) is 79.1 Å². The Hall–Kier alpha value is -4.04. The molecule has 1 fully saturated rings. The first-order chi connectivity index (χ1) is 20.5. The van der Waals surface area contributed by atoms with Crippen molar-refractivity contribution in [2.45, 2.75) is 45.6 Å². The lowest BCUT2D eigenvalue weighted by molar-refractivity contribution is -0.137. The highest BCUT2D eigenvalue weighted by Crippen LogP contribution is 2.35. The molecule has 0 aromatic heterocycles. The number of halogens is 3. The van der Waals surface area contributed by atoms with Crippen LogP contribution >= 0.6 is 0 Å². The lowest BCUT2D eigenvalue weighted by Crippen LogP contribution is -2.58. The molecule has 1 atom stereocenters. The van der Waals surface area contributed by atoms with E-state index in [2.05, 4.69) is 25.7 Å². The molecule has 8 heteroatoms.